The van der Waals surface area contributed by atoms with Crippen molar-refractivity contribution in [2.24, 2.45) is 0 Å². The molecule has 2 rings (SSSR count). The van der Waals surface area contributed by atoms with E-state index in [2.05, 4.69) is 5.16 Å². The zero-order chi connectivity index (χ0) is 10.3. The first-order valence-electron chi connectivity index (χ1n) is 4.37. The third-order valence-corrected chi connectivity index (χ3v) is 3.72. The van der Waals surface area contributed by atoms with Crippen LogP contribution in [0.1, 0.15) is 17.0 Å². The highest BCUT2D eigenvalue weighted by Crippen LogP contribution is 2.22. The first-order chi connectivity index (χ1) is 6.48. The summed E-state index contributed by atoms with van der Waals surface area (Å²) in [5, 5.41) is 3.82. The second-order valence-corrected chi connectivity index (χ2v) is 5.50. The van der Waals surface area contributed by atoms with Crippen LogP contribution < -0.4 is 0 Å². The van der Waals surface area contributed by atoms with Gasteiger partial charge in [0.15, 0.2) is 5.76 Å². The maximum Gasteiger partial charge on any atom is 0.211 e. The lowest BCUT2D eigenvalue weighted by Crippen LogP contribution is -2.34. The van der Waals surface area contributed by atoms with Crippen LogP contribution in [0, 0.1) is 6.92 Å². The first kappa shape index (κ1) is 9.67. The highest BCUT2D eigenvalue weighted by atomic mass is 32.2. The molecule has 0 spiro atoms. The summed E-state index contributed by atoms with van der Waals surface area (Å²) in [6.45, 7) is 2.71. The van der Waals surface area contributed by atoms with Gasteiger partial charge in [-0.05, 0) is 13.3 Å². The maximum atomic E-state index is 11.3. The normalized spacial score (nSPS) is 18.1. The Morgan fingerprint density at radius 1 is 1.50 bits per heavy atom. The van der Waals surface area contributed by atoms with E-state index in [-0.39, 0.29) is 0 Å². The average molecular weight is 216 g/mol. The maximum absolute atomic E-state index is 11.3. The van der Waals surface area contributed by atoms with Crippen LogP contribution in [0.3, 0.4) is 0 Å². The molecule has 1 aliphatic heterocycles. The Labute approximate surface area is 82.7 Å². The number of fused-ring (bicyclic) bond motifs is 1. The molecule has 0 aliphatic carbocycles. The Balaban J connectivity index is 2.31. The monoisotopic (exact) mass is 216 g/mol. The summed E-state index contributed by atoms with van der Waals surface area (Å²) < 4.78 is 29.0. The molecular weight excluding hydrogens is 204 g/mol. The summed E-state index contributed by atoms with van der Waals surface area (Å²) in [6, 6.07) is 0. The Bertz CT molecular complexity index is 449. The van der Waals surface area contributed by atoms with Crippen molar-refractivity contribution in [3.8, 4) is 0 Å². The van der Waals surface area contributed by atoms with E-state index in [1.807, 2.05) is 6.92 Å². The number of hydrogen-bond donors (Lipinski definition) is 0. The molecule has 78 valence electrons. The van der Waals surface area contributed by atoms with Crippen molar-refractivity contribution >= 4 is 10.0 Å². The van der Waals surface area contributed by atoms with E-state index >= 15 is 0 Å². The smallest absolute Gasteiger partial charge is 0.211 e. The van der Waals surface area contributed by atoms with Gasteiger partial charge >= 0.3 is 0 Å². The highest BCUT2D eigenvalue weighted by Gasteiger charge is 2.27. The predicted molar refractivity (Wildman–Crippen MR) is 50.2 cm³/mol. The van der Waals surface area contributed by atoms with Crippen molar-refractivity contribution in [3.05, 3.63) is 17.0 Å². The van der Waals surface area contributed by atoms with Crippen molar-refractivity contribution in [2.45, 2.75) is 19.9 Å². The minimum Gasteiger partial charge on any atom is -0.359 e. The standard InChI is InChI=1S/C8H12N2O3S/c1-6-7-3-4-10(14(2,11)12)5-8(7)13-9-6/h3-5H2,1-2H3. The van der Waals surface area contributed by atoms with Gasteiger partial charge in [0.2, 0.25) is 10.0 Å². The molecule has 0 N–H and O–H groups in total. The van der Waals surface area contributed by atoms with Gasteiger partial charge in [-0.2, -0.15) is 4.31 Å². The van der Waals surface area contributed by atoms with Crippen LogP contribution in [-0.4, -0.2) is 30.7 Å². The number of rotatable bonds is 1. The van der Waals surface area contributed by atoms with Crippen LogP contribution >= 0.6 is 0 Å². The number of sulfonamides is 1. The molecule has 0 radical (unpaired) electrons. The van der Waals surface area contributed by atoms with E-state index in [0.29, 0.717) is 25.3 Å². The second-order valence-electron chi connectivity index (χ2n) is 3.52. The lowest BCUT2D eigenvalue weighted by Gasteiger charge is -2.22. The minimum atomic E-state index is -3.11. The summed E-state index contributed by atoms with van der Waals surface area (Å²) in [7, 11) is -3.11. The average Bonchev–Trinajstić information content (AvgIpc) is 2.46. The Morgan fingerprint density at radius 3 is 2.86 bits per heavy atom. The van der Waals surface area contributed by atoms with Crippen LogP contribution in [-0.2, 0) is 23.0 Å². The van der Waals surface area contributed by atoms with Gasteiger partial charge in [-0.25, -0.2) is 8.42 Å². The van der Waals surface area contributed by atoms with E-state index in [1.165, 1.54) is 10.6 Å². The molecule has 1 aromatic heterocycles. The van der Waals surface area contributed by atoms with Crippen molar-refractivity contribution in [1.29, 1.82) is 0 Å². The third-order valence-electron chi connectivity index (χ3n) is 2.47. The molecule has 0 aromatic carbocycles. The van der Waals surface area contributed by atoms with Crippen LogP contribution in [0.2, 0.25) is 0 Å². The third kappa shape index (κ3) is 1.55. The summed E-state index contributed by atoms with van der Waals surface area (Å²) in [6.07, 6.45) is 1.90. The van der Waals surface area contributed by atoms with Crippen LogP contribution in [0.25, 0.3) is 0 Å². The molecule has 0 bridgehead atoms. The lowest BCUT2D eigenvalue weighted by molar-refractivity contribution is 0.308. The van der Waals surface area contributed by atoms with E-state index < -0.39 is 10.0 Å². The minimum absolute atomic E-state index is 0.314. The second kappa shape index (κ2) is 3.06. The largest absolute Gasteiger partial charge is 0.359 e. The van der Waals surface area contributed by atoms with Crippen LogP contribution in [0.15, 0.2) is 4.52 Å². The van der Waals surface area contributed by atoms with Crippen molar-refractivity contribution in [1.82, 2.24) is 9.46 Å². The van der Waals surface area contributed by atoms with E-state index in [4.69, 9.17) is 4.52 Å². The zero-order valence-corrected chi connectivity index (χ0v) is 8.97. The van der Waals surface area contributed by atoms with Gasteiger partial charge in [-0.1, -0.05) is 5.16 Å². The van der Waals surface area contributed by atoms with Gasteiger partial charge in [-0.3, -0.25) is 0 Å². The summed E-state index contributed by atoms with van der Waals surface area (Å²) in [5.74, 6) is 0.680. The van der Waals surface area contributed by atoms with Crippen LogP contribution in [0.5, 0.6) is 0 Å². The molecule has 1 aromatic rings. The molecule has 6 heteroatoms. The molecule has 0 unspecified atom stereocenters. The molecule has 1 aliphatic rings. The molecule has 0 saturated carbocycles. The molecule has 0 fully saturated rings. The van der Waals surface area contributed by atoms with Crippen LogP contribution in [0.4, 0.5) is 0 Å². The van der Waals surface area contributed by atoms with Gasteiger partial charge < -0.3 is 4.52 Å². The van der Waals surface area contributed by atoms with Gasteiger partial charge in [-0.15, -0.1) is 0 Å². The van der Waals surface area contributed by atoms with E-state index in [1.54, 1.807) is 0 Å². The highest BCUT2D eigenvalue weighted by molar-refractivity contribution is 7.88. The van der Waals surface area contributed by atoms with Gasteiger partial charge in [0.25, 0.3) is 0 Å². The summed E-state index contributed by atoms with van der Waals surface area (Å²) in [4.78, 5) is 0. The fourth-order valence-electron chi connectivity index (χ4n) is 1.64. The number of nitrogens with zero attached hydrogens (tertiary/aromatic N) is 2. The SMILES string of the molecule is Cc1noc2c1CCN(S(C)(=O)=O)C2. The van der Waals surface area contributed by atoms with E-state index in [0.717, 1.165) is 11.3 Å². The Morgan fingerprint density at radius 2 is 2.21 bits per heavy atom. The predicted octanol–water partition coefficient (Wildman–Crippen LogP) is 0.301. The Kier molecular flexibility index (Phi) is 2.11. The molecule has 14 heavy (non-hydrogen) atoms. The van der Waals surface area contributed by atoms with Crippen molar-refractivity contribution in [2.75, 3.05) is 12.8 Å². The Hall–Kier alpha value is -0.880. The molecular formula is C8H12N2O3S. The zero-order valence-electron chi connectivity index (χ0n) is 8.15. The van der Waals surface area contributed by atoms with Gasteiger partial charge in [0.05, 0.1) is 18.5 Å². The molecule has 0 amide bonds. The molecule has 5 nitrogen and oxygen atoms in total. The summed E-state index contributed by atoms with van der Waals surface area (Å²) >= 11 is 0. The number of aryl methyl sites for hydroxylation is 1. The molecule has 2 heterocycles. The molecule has 0 atom stereocenters. The lowest BCUT2D eigenvalue weighted by atomic mass is 10.1. The summed E-state index contributed by atoms with van der Waals surface area (Å²) in [5.41, 5.74) is 1.93. The van der Waals surface area contributed by atoms with E-state index in [9.17, 15) is 8.42 Å². The first-order valence-corrected chi connectivity index (χ1v) is 6.22. The fraction of sp³-hybridized carbons (Fsp3) is 0.625. The van der Waals surface area contributed by atoms with Crippen molar-refractivity contribution < 1.29 is 12.9 Å². The number of aromatic nitrogens is 1. The quantitative estimate of drug-likeness (QED) is 0.677. The van der Waals surface area contributed by atoms with Crippen molar-refractivity contribution in [3.63, 3.8) is 0 Å². The topological polar surface area (TPSA) is 63.4 Å². The number of hydrogen-bond acceptors (Lipinski definition) is 4. The molecule has 0 saturated heterocycles. The van der Waals surface area contributed by atoms with Gasteiger partial charge in [0, 0.05) is 12.1 Å². The van der Waals surface area contributed by atoms with Gasteiger partial charge in [0.1, 0.15) is 0 Å². The fourth-order valence-corrected chi connectivity index (χ4v) is 2.41.